The number of carbonyl (C=O) groups excluding carboxylic acids is 1. The minimum absolute atomic E-state index is 0.0384. The predicted octanol–water partition coefficient (Wildman–Crippen LogP) is 1.95. The number of anilines is 2. The van der Waals surface area contributed by atoms with E-state index in [-0.39, 0.29) is 36.2 Å². The van der Waals surface area contributed by atoms with Gasteiger partial charge >= 0.3 is 5.97 Å². The van der Waals surface area contributed by atoms with Crippen LogP contribution in [0.2, 0.25) is 0 Å². The fourth-order valence-corrected chi connectivity index (χ4v) is 2.80. The summed E-state index contributed by atoms with van der Waals surface area (Å²) < 4.78 is 5.52. The minimum Gasteiger partial charge on any atom is -0.481 e. The molecule has 2 heterocycles. The van der Waals surface area contributed by atoms with Gasteiger partial charge < -0.3 is 20.5 Å². The summed E-state index contributed by atoms with van der Waals surface area (Å²) in [6.45, 7) is 4.18. The van der Waals surface area contributed by atoms with Gasteiger partial charge in [-0.05, 0) is 38.1 Å². The van der Waals surface area contributed by atoms with Crippen LogP contribution < -0.4 is 15.4 Å². The van der Waals surface area contributed by atoms with Crippen molar-refractivity contribution >= 4 is 23.4 Å². The standard InChI is InChI=1S/C20H20N4O4/c1-20(2,11-15(25)26)8-7-13-3-5-14(6-4-13)24-9-10-28-18-16(19(24)27)17(21)22-12-23-18/h3-6,12H,9-11H2,1-2H3,(H,25,26)(H2,21,22,23). The monoisotopic (exact) mass is 380 g/mol. The Balaban J connectivity index is 1.83. The first kappa shape index (κ1) is 19.2. The number of amides is 1. The summed E-state index contributed by atoms with van der Waals surface area (Å²) in [5, 5.41) is 8.93. The Hall–Kier alpha value is -3.60. The molecule has 3 N–H and O–H groups in total. The number of benzene rings is 1. The van der Waals surface area contributed by atoms with E-state index in [9.17, 15) is 9.59 Å². The van der Waals surface area contributed by atoms with E-state index in [0.717, 1.165) is 5.56 Å². The molecule has 2 aromatic rings. The highest BCUT2D eigenvalue weighted by Gasteiger charge is 2.28. The van der Waals surface area contributed by atoms with Gasteiger partial charge in [-0.2, -0.15) is 0 Å². The van der Waals surface area contributed by atoms with E-state index in [1.54, 1.807) is 43.0 Å². The van der Waals surface area contributed by atoms with Crippen LogP contribution in [0.5, 0.6) is 5.88 Å². The first-order chi connectivity index (χ1) is 13.3. The Labute approximate surface area is 162 Å². The van der Waals surface area contributed by atoms with Crippen molar-refractivity contribution in [1.82, 2.24) is 9.97 Å². The van der Waals surface area contributed by atoms with Gasteiger partial charge in [0.15, 0.2) is 0 Å². The van der Waals surface area contributed by atoms with E-state index in [1.807, 2.05) is 0 Å². The van der Waals surface area contributed by atoms with E-state index in [4.69, 9.17) is 15.6 Å². The number of carbonyl (C=O) groups is 2. The molecule has 0 fully saturated rings. The number of hydrogen-bond donors (Lipinski definition) is 2. The summed E-state index contributed by atoms with van der Waals surface area (Å²) in [5.41, 5.74) is 6.75. The number of rotatable bonds is 3. The van der Waals surface area contributed by atoms with E-state index >= 15 is 0 Å². The molecule has 1 amide bonds. The van der Waals surface area contributed by atoms with E-state index in [2.05, 4.69) is 21.8 Å². The van der Waals surface area contributed by atoms with Crippen molar-refractivity contribution in [3.63, 3.8) is 0 Å². The van der Waals surface area contributed by atoms with Crippen molar-refractivity contribution in [2.75, 3.05) is 23.8 Å². The molecule has 0 aliphatic carbocycles. The average molecular weight is 380 g/mol. The number of nitrogens with two attached hydrogens (primary N) is 1. The second kappa shape index (κ2) is 7.56. The highest BCUT2D eigenvalue weighted by Crippen LogP contribution is 2.27. The zero-order valence-corrected chi connectivity index (χ0v) is 15.6. The zero-order chi connectivity index (χ0) is 20.3. The largest absolute Gasteiger partial charge is 0.481 e. The lowest BCUT2D eigenvalue weighted by Gasteiger charge is -2.20. The number of nitrogen functional groups attached to an aromatic ring is 1. The highest BCUT2D eigenvalue weighted by molar-refractivity contribution is 6.10. The summed E-state index contributed by atoms with van der Waals surface area (Å²) in [7, 11) is 0. The van der Waals surface area contributed by atoms with Crippen LogP contribution in [0.1, 0.15) is 36.2 Å². The molecule has 0 saturated heterocycles. The van der Waals surface area contributed by atoms with Crippen molar-refractivity contribution in [3.8, 4) is 17.7 Å². The molecular weight excluding hydrogens is 360 g/mol. The van der Waals surface area contributed by atoms with Crippen LogP contribution in [0.25, 0.3) is 0 Å². The second-order valence-electron chi connectivity index (χ2n) is 7.00. The summed E-state index contributed by atoms with van der Waals surface area (Å²) in [5.74, 6) is 5.01. The highest BCUT2D eigenvalue weighted by atomic mass is 16.5. The van der Waals surface area contributed by atoms with Gasteiger partial charge in [-0.15, -0.1) is 0 Å². The number of ether oxygens (including phenoxy) is 1. The van der Waals surface area contributed by atoms with Gasteiger partial charge in [0.1, 0.15) is 24.3 Å². The van der Waals surface area contributed by atoms with Gasteiger partial charge in [0.25, 0.3) is 5.91 Å². The maximum absolute atomic E-state index is 12.9. The molecule has 144 valence electrons. The molecule has 1 aromatic heterocycles. The lowest BCUT2D eigenvalue weighted by molar-refractivity contribution is -0.138. The lowest BCUT2D eigenvalue weighted by Crippen LogP contribution is -2.32. The fourth-order valence-electron chi connectivity index (χ4n) is 2.80. The third-order valence-corrected chi connectivity index (χ3v) is 4.17. The van der Waals surface area contributed by atoms with E-state index in [0.29, 0.717) is 12.2 Å². The maximum Gasteiger partial charge on any atom is 0.304 e. The number of carboxylic acids is 1. The van der Waals surface area contributed by atoms with Gasteiger partial charge in [0.2, 0.25) is 5.88 Å². The van der Waals surface area contributed by atoms with Gasteiger partial charge in [-0.3, -0.25) is 9.59 Å². The molecular formula is C20H20N4O4. The molecule has 0 bridgehead atoms. The smallest absolute Gasteiger partial charge is 0.304 e. The van der Waals surface area contributed by atoms with Crippen molar-refractivity contribution < 1.29 is 19.4 Å². The van der Waals surface area contributed by atoms with Crippen molar-refractivity contribution in [1.29, 1.82) is 0 Å². The van der Waals surface area contributed by atoms with Crippen LogP contribution in [0.4, 0.5) is 11.5 Å². The van der Waals surface area contributed by atoms with Gasteiger partial charge in [0.05, 0.1) is 13.0 Å². The van der Waals surface area contributed by atoms with Gasteiger partial charge in [-0.25, -0.2) is 9.97 Å². The van der Waals surface area contributed by atoms with Crippen LogP contribution in [0.15, 0.2) is 30.6 Å². The van der Waals surface area contributed by atoms with Crippen LogP contribution in [-0.2, 0) is 4.79 Å². The third kappa shape index (κ3) is 4.20. The minimum atomic E-state index is -0.889. The number of fused-ring (bicyclic) bond motifs is 1. The normalized spacial score (nSPS) is 13.6. The summed E-state index contributed by atoms with van der Waals surface area (Å²) in [4.78, 5) is 33.2. The number of carboxylic acid groups (broad SMARTS) is 1. The summed E-state index contributed by atoms with van der Waals surface area (Å²) >= 11 is 0. The Kier molecular flexibility index (Phi) is 5.18. The molecule has 1 aromatic carbocycles. The van der Waals surface area contributed by atoms with Crippen LogP contribution in [0, 0.1) is 17.3 Å². The predicted molar refractivity (Wildman–Crippen MR) is 103 cm³/mol. The summed E-state index contributed by atoms with van der Waals surface area (Å²) in [6.07, 6.45) is 1.22. The Morgan fingerprint density at radius 2 is 2.04 bits per heavy atom. The molecule has 28 heavy (non-hydrogen) atoms. The van der Waals surface area contributed by atoms with E-state index < -0.39 is 11.4 Å². The van der Waals surface area contributed by atoms with Crippen molar-refractivity contribution in [3.05, 3.63) is 41.7 Å². The Morgan fingerprint density at radius 3 is 2.71 bits per heavy atom. The topological polar surface area (TPSA) is 119 Å². The van der Waals surface area contributed by atoms with Crippen LogP contribution in [-0.4, -0.2) is 40.1 Å². The average Bonchev–Trinajstić information content (AvgIpc) is 2.79. The third-order valence-electron chi connectivity index (χ3n) is 4.17. The molecule has 1 aliphatic rings. The Morgan fingerprint density at radius 1 is 1.32 bits per heavy atom. The SMILES string of the molecule is CC(C)(C#Cc1ccc(N2CCOc3ncnc(N)c3C2=O)cc1)CC(=O)O. The molecule has 0 unspecified atom stereocenters. The molecule has 0 atom stereocenters. The fraction of sp³-hybridized carbons (Fsp3) is 0.300. The number of nitrogens with zero attached hydrogens (tertiary/aromatic N) is 3. The lowest BCUT2D eigenvalue weighted by atomic mass is 9.90. The van der Waals surface area contributed by atoms with E-state index in [1.165, 1.54) is 6.33 Å². The van der Waals surface area contributed by atoms with Gasteiger partial charge in [-0.1, -0.05) is 11.8 Å². The number of aromatic nitrogens is 2. The first-order valence-electron chi connectivity index (χ1n) is 8.67. The quantitative estimate of drug-likeness (QED) is 0.781. The first-order valence-corrected chi connectivity index (χ1v) is 8.67. The van der Waals surface area contributed by atoms with Gasteiger partial charge in [0, 0.05) is 16.7 Å². The second-order valence-corrected chi connectivity index (χ2v) is 7.00. The molecule has 1 aliphatic heterocycles. The molecule has 0 spiro atoms. The van der Waals surface area contributed by atoms with Crippen LogP contribution >= 0.6 is 0 Å². The molecule has 8 nitrogen and oxygen atoms in total. The molecule has 0 saturated carbocycles. The van der Waals surface area contributed by atoms with Crippen molar-refractivity contribution in [2.45, 2.75) is 20.3 Å². The number of aliphatic carboxylic acids is 1. The molecule has 0 radical (unpaired) electrons. The summed E-state index contributed by atoms with van der Waals surface area (Å²) in [6, 6.07) is 7.11. The number of hydrogen-bond acceptors (Lipinski definition) is 6. The van der Waals surface area contributed by atoms with Crippen molar-refractivity contribution in [2.24, 2.45) is 5.41 Å². The molecule has 3 rings (SSSR count). The molecule has 8 heteroatoms. The van der Waals surface area contributed by atoms with Crippen LogP contribution in [0.3, 0.4) is 0 Å². The maximum atomic E-state index is 12.9. The Bertz CT molecular complexity index is 974. The zero-order valence-electron chi connectivity index (χ0n) is 15.6.